The van der Waals surface area contributed by atoms with Gasteiger partial charge in [0.15, 0.2) is 0 Å². The van der Waals surface area contributed by atoms with E-state index in [4.69, 9.17) is 0 Å². The number of anilines is 1. The molecule has 0 radical (unpaired) electrons. The summed E-state index contributed by atoms with van der Waals surface area (Å²) in [5.41, 5.74) is 4.25. The molecule has 2 aromatic heterocycles. The summed E-state index contributed by atoms with van der Waals surface area (Å²) in [4.78, 5) is 26.3. The van der Waals surface area contributed by atoms with E-state index in [-0.39, 0.29) is 11.9 Å². The number of amides is 1. The van der Waals surface area contributed by atoms with Crippen molar-refractivity contribution in [2.24, 2.45) is 7.05 Å². The second-order valence-corrected chi connectivity index (χ2v) is 7.36. The summed E-state index contributed by atoms with van der Waals surface area (Å²) in [6, 6.07) is -0.136. The summed E-state index contributed by atoms with van der Waals surface area (Å²) in [6.07, 6.45) is 1.64. The molecular weight excluding hydrogens is 342 g/mol. The molecule has 3 heterocycles. The highest BCUT2D eigenvalue weighted by Crippen LogP contribution is 2.21. The minimum atomic E-state index is -0.160. The number of hydrogen-bond donors (Lipinski definition) is 1. The van der Waals surface area contributed by atoms with Crippen LogP contribution in [0.25, 0.3) is 0 Å². The third-order valence-electron chi connectivity index (χ3n) is 5.34. The second-order valence-electron chi connectivity index (χ2n) is 7.36. The van der Waals surface area contributed by atoms with Crippen LogP contribution in [-0.4, -0.2) is 63.8 Å². The molecule has 3 rings (SSSR count). The molecule has 0 aliphatic carbocycles. The maximum absolute atomic E-state index is 12.8. The Bertz CT molecular complexity index is 837. The fourth-order valence-corrected chi connectivity index (χ4v) is 3.60. The van der Waals surface area contributed by atoms with E-state index in [0.717, 1.165) is 43.1 Å². The molecule has 1 N–H and O–H groups in total. The van der Waals surface area contributed by atoms with Crippen molar-refractivity contribution in [3.63, 3.8) is 0 Å². The number of piperazine rings is 1. The van der Waals surface area contributed by atoms with Gasteiger partial charge < -0.3 is 15.1 Å². The van der Waals surface area contributed by atoms with E-state index in [9.17, 15) is 4.79 Å². The van der Waals surface area contributed by atoms with Crippen LogP contribution in [0.2, 0.25) is 0 Å². The van der Waals surface area contributed by atoms with Gasteiger partial charge >= 0.3 is 0 Å². The number of hydrogen-bond acceptors (Lipinski definition) is 6. The zero-order chi connectivity index (χ0) is 19.7. The summed E-state index contributed by atoms with van der Waals surface area (Å²) < 4.78 is 1.84. The van der Waals surface area contributed by atoms with Crippen LogP contribution in [0.1, 0.15) is 46.0 Å². The predicted molar refractivity (Wildman–Crippen MR) is 105 cm³/mol. The fraction of sp³-hybridized carbons (Fsp3) is 0.579. The quantitative estimate of drug-likeness (QED) is 0.875. The lowest BCUT2D eigenvalue weighted by atomic mass is 10.1. The van der Waals surface area contributed by atoms with Crippen molar-refractivity contribution in [1.29, 1.82) is 0 Å². The van der Waals surface area contributed by atoms with E-state index in [2.05, 4.69) is 37.2 Å². The van der Waals surface area contributed by atoms with Crippen LogP contribution in [0.4, 0.5) is 5.95 Å². The normalized spacial score (nSPS) is 16.4. The largest absolute Gasteiger partial charge is 0.345 e. The molecule has 2 aromatic rings. The lowest BCUT2D eigenvalue weighted by Gasteiger charge is -2.32. The molecule has 0 saturated carbocycles. The van der Waals surface area contributed by atoms with Crippen molar-refractivity contribution < 1.29 is 4.79 Å². The van der Waals surface area contributed by atoms with Crippen molar-refractivity contribution in [2.45, 2.75) is 33.7 Å². The highest BCUT2D eigenvalue weighted by atomic mass is 16.1. The maximum Gasteiger partial charge on any atom is 0.255 e. The van der Waals surface area contributed by atoms with Crippen LogP contribution in [0.3, 0.4) is 0 Å². The molecule has 0 bridgehead atoms. The SMILES string of the molecule is Cc1nc(N2CCN(C)CC2)ncc1C(=O)NC(C)c1c(C)nn(C)c1C. The fourth-order valence-electron chi connectivity index (χ4n) is 3.60. The summed E-state index contributed by atoms with van der Waals surface area (Å²) >= 11 is 0. The zero-order valence-electron chi connectivity index (χ0n) is 17.1. The Hall–Kier alpha value is -2.48. The van der Waals surface area contributed by atoms with E-state index in [1.807, 2.05) is 39.4 Å². The third kappa shape index (κ3) is 3.95. The summed E-state index contributed by atoms with van der Waals surface area (Å²) in [6.45, 7) is 11.6. The van der Waals surface area contributed by atoms with Crippen molar-refractivity contribution in [3.8, 4) is 0 Å². The molecule has 1 aliphatic heterocycles. The van der Waals surface area contributed by atoms with Gasteiger partial charge in [-0.25, -0.2) is 9.97 Å². The number of likely N-dealkylation sites (N-methyl/N-ethyl adjacent to an activating group) is 1. The van der Waals surface area contributed by atoms with Gasteiger partial charge in [-0.2, -0.15) is 5.10 Å². The van der Waals surface area contributed by atoms with Gasteiger partial charge in [0.25, 0.3) is 5.91 Å². The van der Waals surface area contributed by atoms with Gasteiger partial charge in [-0.15, -0.1) is 0 Å². The molecule has 1 saturated heterocycles. The molecule has 1 unspecified atom stereocenters. The highest BCUT2D eigenvalue weighted by molar-refractivity contribution is 5.95. The van der Waals surface area contributed by atoms with Crippen molar-refractivity contribution in [1.82, 2.24) is 30.0 Å². The Labute approximate surface area is 160 Å². The van der Waals surface area contributed by atoms with Crippen LogP contribution < -0.4 is 10.2 Å². The molecule has 1 aliphatic rings. The Morgan fingerprint density at radius 3 is 2.33 bits per heavy atom. The second kappa shape index (κ2) is 7.64. The Morgan fingerprint density at radius 1 is 1.11 bits per heavy atom. The molecule has 27 heavy (non-hydrogen) atoms. The lowest BCUT2D eigenvalue weighted by Crippen LogP contribution is -2.45. The van der Waals surface area contributed by atoms with Gasteiger partial charge in [0.1, 0.15) is 0 Å². The maximum atomic E-state index is 12.8. The third-order valence-corrected chi connectivity index (χ3v) is 5.34. The standard InChI is InChI=1S/C19H29N7O/c1-12-16(11-20-19(22-12)26-9-7-24(5)8-10-26)18(27)21-13(2)17-14(3)23-25(6)15(17)4/h11,13H,7-10H2,1-6H3,(H,21,27). The van der Waals surface area contributed by atoms with Crippen molar-refractivity contribution in [3.05, 3.63) is 34.4 Å². The highest BCUT2D eigenvalue weighted by Gasteiger charge is 2.22. The van der Waals surface area contributed by atoms with Gasteiger partial charge in [-0.05, 0) is 34.7 Å². The number of nitrogens with zero attached hydrogens (tertiary/aromatic N) is 6. The molecule has 146 valence electrons. The molecular formula is C19H29N7O. The minimum absolute atomic E-state index is 0.136. The number of rotatable bonds is 4. The van der Waals surface area contributed by atoms with E-state index < -0.39 is 0 Å². The molecule has 1 fully saturated rings. The molecule has 0 spiro atoms. The minimum Gasteiger partial charge on any atom is -0.345 e. The number of aryl methyl sites for hydroxylation is 3. The summed E-state index contributed by atoms with van der Waals surface area (Å²) in [5, 5.41) is 7.49. The first-order chi connectivity index (χ1) is 12.8. The van der Waals surface area contributed by atoms with Crippen molar-refractivity contribution in [2.75, 3.05) is 38.1 Å². The number of carbonyl (C=O) groups is 1. The van der Waals surface area contributed by atoms with Crippen LogP contribution in [0, 0.1) is 20.8 Å². The molecule has 8 nitrogen and oxygen atoms in total. The van der Waals surface area contributed by atoms with Gasteiger partial charge in [-0.3, -0.25) is 9.48 Å². The van der Waals surface area contributed by atoms with Crippen LogP contribution in [0.15, 0.2) is 6.20 Å². The predicted octanol–water partition coefficient (Wildman–Crippen LogP) is 1.38. The zero-order valence-corrected chi connectivity index (χ0v) is 17.1. The van der Waals surface area contributed by atoms with E-state index in [0.29, 0.717) is 17.2 Å². The average molecular weight is 371 g/mol. The first-order valence-corrected chi connectivity index (χ1v) is 9.36. The van der Waals surface area contributed by atoms with E-state index in [1.165, 1.54) is 0 Å². The summed E-state index contributed by atoms with van der Waals surface area (Å²) in [7, 11) is 4.03. The van der Waals surface area contributed by atoms with Gasteiger partial charge in [0.2, 0.25) is 5.95 Å². The number of aromatic nitrogens is 4. The van der Waals surface area contributed by atoms with E-state index >= 15 is 0 Å². The van der Waals surface area contributed by atoms with Crippen LogP contribution in [-0.2, 0) is 7.05 Å². The lowest BCUT2D eigenvalue weighted by molar-refractivity contribution is 0.0938. The Kier molecular flexibility index (Phi) is 5.46. The monoisotopic (exact) mass is 371 g/mol. The van der Waals surface area contributed by atoms with Crippen LogP contribution in [0.5, 0.6) is 0 Å². The van der Waals surface area contributed by atoms with Crippen molar-refractivity contribution >= 4 is 11.9 Å². The molecule has 8 heteroatoms. The molecule has 1 amide bonds. The Balaban J connectivity index is 1.73. The molecule has 1 atom stereocenters. The topological polar surface area (TPSA) is 79.2 Å². The number of carbonyl (C=O) groups excluding carboxylic acids is 1. The molecule has 0 aromatic carbocycles. The summed E-state index contributed by atoms with van der Waals surface area (Å²) in [5.74, 6) is 0.539. The average Bonchev–Trinajstić information content (AvgIpc) is 2.87. The van der Waals surface area contributed by atoms with Gasteiger partial charge in [0.05, 0.1) is 23.0 Å². The Morgan fingerprint density at radius 2 is 1.78 bits per heavy atom. The number of nitrogens with one attached hydrogen (secondary N) is 1. The van der Waals surface area contributed by atoms with Gasteiger partial charge in [0, 0.05) is 50.7 Å². The van der Waals surface area contributed by atoms with E-state index in [1.54, 1.807) is 6.20 Å². The van der Waals surface area contributed by atoms with Crippen LogP contribution >= 0.6 is 0 Å². The van der Waals surface area contributed by atoms with Gasteiger partial charge in [-0.1, -0.05) is 0 Å². The first-order valence-electron chi connectivity index (χ1n) is 9.36. The smallest absolute Gasteiger partial charge is 0.255 e. The first kappa shape index (κ1) is 19.3.